The average Bonchev–Trinajstić information content (AvgIpc) is 2.22. The zero-order valence-corrected chi connectivity index (χ0v) is 13.6. The highest BCUT2D eigenvalue weighted by atomic mass is 16.6. The van der Waals surface area contributed by atoms with Gasteiger partial charge in [-0.2, -0.15) is 4.90 Å². The summed E-state index contributed by atoms with van der Waals surface area (Å²) in [6.45, 7) is 13.1. The number of nitrogens with zero attached hydrogens (tertiary/aromatic N) is 1. The van der Waals surface area contributed by atoms with Crippen LogP contribution in [-0.4, -0.2) is 41.4 Å². The molecule has 7 heteroatoms. The number of hydrogen-bond acceptors (Lipinski definition) is 6. The van der Waals surface area contributed by atoms with E-state index in [2.05, 4.69) is 11.3 Å². The third-order valence-corrected chi connectivity index (χ3v) is 1.84. The molecule has 0 heterocycles. The van der Waals surface area contributed by atoms with Crippen LogP contribution in [-0.2, 0) is 19.0 Å². The van der Waals surface area contributed by atoms with Crippen LogP contribution in [0.5, 0.6) is 0 Å². The quantitative estimate of drug-likeness (QED) is 0.443. The molecule has 0 aromatic heterocycles. The molecular weight excluding hydrogens is 278 g/mol. The fourth-order valence-corrected chi connectivity index (χ4v) is 1.12. The van der Waals surface area contributed by atoms with E-state index in [1.165, 1.54) is 0 Å². The number of ether oxygens (including phenoxy) is 3. The Kier molecular flexibility index (Phi) is 5.96. The summed E-state index contributed by atoms with van der Waals surface area (Å²) in [5.41, 5.74) is -2.19. The minimum absolute atomic E-state index is 0.419. The van der Waals surface area contributed by atoms with Crippen LogP contribution in [0.3, 0.4) is 0 Å². The van der Waals surface area contributed by atoms with Crippen molar-refractivity contribution in [1.29, 1.82) is 0 Å². The first-order valence-corrected chi connectivity index (χ1v) is 6.32. The monoisotopic (exact) mass is 301 g/mol. The van der Waals surface area contributed by atoms with Crippen molar-refractivity contribution in [3.05, 3.63) is 12.3 Å². The maximum absolute atomic E-state index is 12.1. The Bertz CT molecular complexity index is 413. The van der Waals surface area contributed by atoms with E-state index in [0.717, 1.165) is 7.11 Å². The van der Waals surface area contributed by atoms with E-state index in [1.807, 2.05) is 0 Å². The number of carbonyl (C=O) groups is 3. The molecule has 21 heavy (non-hydrogen) atoms. The molecule has 0 aliphatic heterocycles. The molecule has 0 aromatic carbocycles. The third-order valence-electron chi connectivity index (χ3n) is 1.84. The van der Waals surface area contributed by atoms with Crippen molar-refractivity contribution < 1.29 is 28.6 Å². The Labute approximate surface area is 124 Å². The molecule has 120 valence electrons. The van der Waals surface area contributed by atoms with Crippen molar-refractivity contribution in [2.24, 2.45) is 0 Å². The Morgan fingerprint density at radius 1 is 0.857 bits per heavy atom. The minimum Gasteiger partial charge on any atom is -0.464 e. The van der Waals surface area contributed by atoms with Gasteiger partial charge in [0.25, 0.3) is 0 Å². The predicted molar refractivity (Wildman–Crippen MR) is 75.5 cm³/mol. The number of methoxy groups -OCH3 is 1. The van der Waals surface area contributed by atoms with E-state index in [-0.39, 0.29) is 0 Å². The molecule has 0 rings (SSSR count). The van der Waals surface area contributed by atoms with Crippen molar-refractivity contribution in [3.63, 3.8) is 0 Å². The second kappa shape index (κ2) is 6.60. The molecule has 0 atom stereocenters. The molecule has 0 radical (unpaired) electrons. The molecule has 7 nitrogen and oxygen atoms in total. The molecule has 0 aliphatic carbocycles. The van der Waals surface area contributed by atoms with Gasteiger partial charge in [-0.25, -0.2) is 14.4 Å². The second-order valence-electron chi connectivity index (χ2n) is 6.23. The number of hydrogen-bond donors (Lipinski definition) is 0. The van der Waals surface area contributed by atoms with Crippen LogP contribution in [0.4, 0.5) is 9.59 Å². The predicted octanol–water partition coefficient (Wildman–Crippen LogP) is 2.85. The Morgan fingerprint density at radius 3 is 1.43 bits per heavy atom. The summed E-state index contributed by atoms with van der Waals surface area (Å²) in [4.78, 5) is 36.1. The van der Waals surface area contributed by atoms with Crippen LogP contribution in [0.15, 0.2) is 12.3 Å². The summed E-state index contributed by atoms with van der Waals surface area (Å²) in [5.74, 6) is -0.938. The van der Waals surface area contributed by atoms with Gasteiger partial charge in [-0.15, -0.1) is 0 Å². The Morgan fingerprint density at radius 2 is 1.19 bits per heavy atom. The molecular formula is C14H23NO6. The molecule has 0 bridgehead atoms. The number of esters is 1. The number of amides is 2. The van der Waals surface area contributed by atoms with Gasteiger partial charge in [0.2, 0.25) is 0 Å². The van der Waals surface area contributed by atoms with Crippen LogP contribution in [0.2, 0.25) is 0 Å². The molecule has 0 saturated heterocycles. The fraction of sp³-hybridized carbons (Fsp3) is 0.643. The molecule has 0 fully saturated rings. The number of carbonyl (C=O) groups excluding carboxylic acids is 3. The van der Waals surface area contributed by atoms with Gasteiger partial charge in [-0.3, -0.25) is 0 Å². The van der Waals surface area contributed by atoms with Gasteiger partial charge in [-0.1, -0.05) is 6.58 Å². The lowest BCUT2D eigenvalue weighted by Gasteiger charge is -2.28. The van der Waals surface area contributed by atoms with E-state index in [0.29, 0.717) is 4.90 Å². The first-order valence-electron chi connectivity index (χ1n) is 6.32. The molecule has 0 unspecified atom stereocenters. The molecule has 0 spiro atoms. The van der Waals surface area contributed by atoms with Crippen molar-refractivity contribution in [3.8, 4) is 0 Å². The standard InChI is InChI=1S/C14H23NO6/c1-9(10(16)19-8)15(11(17)20-13(2,3)4)12(18)21-14(5,6)7/h1H2,2-8H3. The lowest BCUT2D eigenvalue weighted by Crippen LogP contribution is -2.44. The van der Waals surface area contributed by atoms with Gasteiger partial charge in [0.1, 0.15) is 16.9 Å². The van der Waals surface area contributed by atoms with Gasteiger partial charge in [-0.05, 0) is 41.5 Å². The smallest absolute Gasteiger partial charge is 0.424 e. The number of rotatable bonds is 2. The molecule has 0 aromatic rings. The van der Waals surface area contributed by atoms with E-state index in [1.54, 1.807) is 41.5 Å². The largest absolute Gasteiger partial charge is 0.464 e. The van der Waals surface area contributed by atoms with Crippen molar-refractivity contribution in [1.82, 2.24) is 4.90 Å². The minimum atomic E-state index is -1.06. The summed E-state index contributed by atoms with van der Waals surface area (Å²) in [7, 11) is 1.11. The maximum Gasteiger partial charge on any atom is 0.424 e. The lowest BCUT2D eigenvalue weighted by atomic mass is 10.2. The topological polar surface area (TPSA) is 82.1 Å². The normalized spacial score (nSPS) is 11.4. The molecule has 0 aliphatic rings. The maximum atomic E-state index is 12.1. The SMILES string of the molecule is C=C(C(=O)OC)N(C(=O)OC(C)(C)C)C(=O)OC(C)(C)C. The van der Waals surface area contributed by atoms with Crippen molar-refractivity contribution in [2.75, 3.05) is 7.11 Å². The third kappa shape index (κ3) is 6.78. The molecule has 0 saturated carbocycles. The molecule has 2 amide bonds. The molecule has 0 N–H and O–H groups in total. The van der Waals surface area contributed by atoms with Gasteiger partial charge in [0, 0.05) is 0 Å². The second-order valence-corrected chi connectivity index (χ2v) is 6.23. The lowest BCUT2D eigenvalue weighted by molar-refractivity contribution is -0.137. The zero-order chi connectivity index (χ0) is 17.0. The van der Waals surface area contributed by atoms with Crippen LogP contribution in [0.1, 0.15) is 41.5 Å². The van der Waals surface area contributed by atoms with Gasteiger partial charge in [0.15, 0.2) is 0 Å². The first kappa shape index (κ1) is 18.9. The van der Waals surface area contributed by atoms with Gasteiger partial charge < -0.3 is 14.2 Å². The van der Waals surface area contributed by atoms with Crippen molar-refractivity contribution >= 4 is 18.2 Å². The summed E-state index contributed by atoms with van der Waals surface area (Å²) in [6.07, 6.45) is -2.13. The first-order chi connectivity index (χ1) is 9.28. The fourth-order valence-electron chi connectivity index (χ4n) is 1.12. The van der Waals surface area contributed by atoms with Crippen LogP contribution in [0.25, 0.3) is 0 Å². The van der Waals surface area contributed by atoms with Crippen LogP contribution >= 0.6 is 0 Å². The van der Waals surface area contributed by atoms with Gasteiger partial charge >= 0.3 is 18.2 Å². The van der Waals surface area contributed by atoms with E-state index < -0.39 is 35.1 Å². The Hall–Kier alpha value is -2.05. The summed E-state index contributed by atoms with van der Waals surface area (Å²) in [6, 6.07) is 0. The van der Waals surface area contributed by atoms with E-state index >= 15 is 0 Å². The highest BCUT2D eigenvalue weighted by Crippen LogP contribution is 2.18. The summed E-state index contributed by atoms with van der Waals surface area (Å²) in [5, 5.41) is 0. The highest BCUT2D eigenvalue weighted by molar-refractivity contribution is 6.00. The number of imide groups is 1. The zero-order valence-electron chi connectivity index (χ0n) is 13.6. The van der Waals surface area contributed by atoms with Gasteiger partial charge in [0.05, 0.1) is 7.11 Å². The summed E-state index contributed by atoms with van der Waals surface area (Å²) >= 11 is 0. The van der Waals surface area contributed by atoms with Crippen LogP contribution in [0, 0.1) is 0 Å². The van der Waals surface area contributed by atoms with E-state index in [9.17, 15) is 14.4 Å². The highest BCUT2D eigenvalue weighted by Gasteiger charge is 2.36. The Balaban J connectivity index is 5.38. The van der Waals surface area contributed by atoms with Crippen LogP contribution < -0.4 is 0 Å². The van der Waals surface area contributed by atoms with E-state index in [4.69, 9.17) is 9.47 Å². The summed E-state index contributed by atoms with van der Waals surface area (Å²) < 4.78 is 14.6. The average molecular weight is 301 g/mol. The van der Waals surface area contributed by atoms with Crippen molar-refractivity contribution in [2.45, 2.75) is 52.7 Å².